The molecule has 0 saturated heterocycles. The van der Waals surface area contributed by atoms with E-state index in [2.05, 4.69) is 26.3 Å². The number of hydrogen-bond donors (Lipinski definition) is 8. The van der Waals surface area contributed by atoms with Crippen LogP contribution in [0.1, 0.15) is 164 Å². The van der Waals surface area contributed by atoms with Gasteiger partial charge in [0.2, 0.25) is 5.91 Å². The van der Waals surface area contributed by atoms with Crippen molar-refractivity contribution in [2.45, 2.75) is 128 Å². The van der Waals surface area contributed by atoms with Gasteiger partial charge in [-0.15, -0.1) is 68.0 Å². The second-order valence-electron chi connectivity index (χ2n) is 22.7. The summed E-state index contributed by atoms with van der Waals surface area (Å²) in [7, 11) is 2.94. The SMILES string of the molecule is CNC(=O)C[C@H](NC(=O)c1csc(-c2ccc(-c3nc(N(CCCCCC(=O)O)C(=O)OC4CCC(C(=O)O)CC4)cs3)nc2-c2csc(-c3csc([C@@H](N)[C@@H](O)c4ccccc4)n3)n2)n1)c1nc(C(=O)NC(c2nc(C(=O)NC3CC3=O)c(COC)s2)C(C)C)c(C)s1. The summed E-state index contributed by atoms with van der Waals surface area (Å²) < 4.78 is 11.3. The van der Waals surface area contributed by atoms with Gasteiger partial charge in [-0.2, -0.15) is 0 Å². The Morgan fingerprint density at radius 3 is 2.15 bits per heavy atom. The number of aryl methyl sites for hydroxylation is 1. The number of anilines is 1. The van der Waals surface area contributed by atoms with Crippen molar-refractivity contribution in [3.63, 3.8) is 0 Å². The molecule has 0 spiro atoms. The zero-order chi connectivity index (χ0) is 66.9. The van der Waals surface area contributed by atoms with Crippen LogP contribution in [0.3, 0.4) is 0 Å². The van der Waals surface area contributed by atoms with Crippen LogP contribution < -0.4 is 31.9 Å². The number of amides is 5. The van der Waals surface area contributed by atoms with Crippen molar-refractivity contribution >= 4 is 121 Å². The number of carboxylic acid groups (broad SMARTS) is 2. The number of hydrogen-bond acceptors (Lipinski definition) is 25. The van der Waals surface area contributed by atoms with Gasteiger partial charge in [-0.1, -0.05) is 50.6 Å². The molecule has 0 aliphatic heterocycles. The van der Waals surface area contributed by atoms with Gasteiger partial charge < -0.3 is 51.8 Å². The predicted molar refractivity (Wildman–Crippen MR) is 355 cm³/mol. The number of Topliss-reactive ketones (excluding diaryl/α,β-unsaturated/α-hetero) is 1. The van der Waals surface area contributed by atoms with Crippen molar-refractivity contribution in [1.82, 2.24) is 56.2 Å². The number of aliphatic carboxylic acids is 2. The fourth-order valence-corrected chi connectivity index (χ4v) is 15.8. The highest BCUT2D eigenvalue weighted by atomic mass is 32.1. The van der Waals surface area contributed by atoms with Gasteiger partial charge in [-0.25, -0.2) is 39.7 Å². The number of carboxylic acids is 2. The predicted octanol–water partition coefficient (Wildman–Crippen LogP) is 9.71. The van der Waals surface area contributed by atoms with E-state index in [4.69, 9.17) is 45.1 Å². The highest BCUT2D eigenvalue weighted by Crippen LogP contribution is 2.40. The summed E-state index contributed by atoms with van der Waals surface area (Å²) in [5.74, 6) is -4.48. The Labute approximate surface area is 562 Å². The summed E-state index contributed by atoms with van der Waals surface area (Å²) in [6.45, 7) is 5.71. The van der Waals surface area contributed by atoms with Crippen molar-refractivity contribution in [1.29, 1.82) is 0 Å². The molecule has 1 aromatic carbocycles. The molecule has 94 heavy (non-hydrogen) atoms. The summed E-state index contributed by atoms with van der Waals surface area (Å²) >= 11 is 7.28. The lowest BCUT2D eigenvalue weighted by atomic mass is 9.87. The van der Waals surface area contributed by atoms with Gasteiger partial charge in [0.05, 0.1) is 53.7 Å². The molecule has 8 aromatic rings. The molecule has 32 heteroatoms. The highest BCUT2D eigenvalue weighted by molar-refractivity contribution is 7.15. The van der Waals surface area contributed by atoms with Gasteiger partial charge in [0.1, 0.15) is 82.2 Å². The first kappa shape index (κ1) is 68.6. The minimum absolute atomic E-state index is 0.00606. The van der Waals surface area contributed by atoms with E-state index in [0.29, 0.717) is 114 Å². The van der Waals surface area contributed by atoms with Crippen molar-refractivity contribution in [3.8, 4) is 43.4 Å². The first-order chi connectivity index (χ1) is 45.2. The van der Waals surface area contributed by atoms with Crippen molar-refractivity contribution in [2.75, 3.05) is 25.6 Å². The molecule has 7 heterocycles. The third-order valence-corrected chi connectivity index (χ3v) is 21.3. The number of aliphatic hydroxyl groups is 1. The minimum atomic E-state index is -1.03. The van der Waals surface area contributed by atoms with Crippen LogP contribution in [0.25, 0.3) is 43.4 Å². The number of nitrogens with two attached hydrogens (primary N) is 1. The number of pyridine rings is 1. The van der Waals surface area contributed by atoms with E-state index in [0.717, 1.165) is 22.7 Å². The number of methoxy groups -OCH3 is 1. The van der Waals surface area contributed by atoms with Crippen LogP contribution in [-0.2, 0) is 35.3 Å². The molecule has 9 N–H and O–H groups in total. The molecule has 2 unspecified atom stereocenters. The number of nitrogens with one attached hydrogen (secondary N) is 4. The lowest BCUT2D eigenvalue weighted by molar-refractivity contribution is -0.143. The largest absolute Gasteiger partial charge is 0.481 e. The molecule has 494 valence electrons. The number of benzene rings is 1. The van der Waals surface area contributed by atoms with Crippen LogP contribution >= 0.6 is 68.0 Å². The molecule has 5 amide bonds. The first-order valence-electron chi connectivity index (χ1n) is 30.0. The molecule has 26 nitrogen and oxygen atoms in total. The number of ketones is 1. The van der Waals surface area contributed by atoms with Crippen LogP contribution in [0, 0.1) is 18.8 Å². The molecule has 0 bridgehead atoms. The highest BCUT2D eigenvalue weighted by Gasteiger charge is 2.38. The van der Waals surface area contributed by atoms with Gasteiger partial charge in [-0.05, 0) is 69.1 Å². The van der Waals surface area contributed by atoms with Crippen LogP contribution in [0.15, 0.2) is 64.0 Å². The topological polar surface area (TPSA) is 383 Å². The number of carbonyl (C=O) groups excluding carboxylic acids is 6. The standard InChI is InChI=1S/C62H67N13O13S6/c1-29(2)47(60-74-50(42(94-60)24-87-5)54(83)66-36-22-41(36)76)72-53(82)48-30(3)93-58(73-48)37(23-44(77)64-4)67-52(81)39-26-89-55(69-39)34-19-20-35(65-49(34)38-25-90-57(68-38)40-27-91-59(70-40)46(63)51(80)31-12-8-6-9-13-31)56-71-43(28-92-56)75(21-11-7-10-14-45(78)79)62(86)88-33-17-15-32(16-18-33)61(84)85/h6,8-9,12-13,19-20,25-29,32-33,36-37,46-47,51,80H,7,10-11,14-18,21-24,63H2,1-5H3,(H,64,77)(H,66,83)(H,67,81)(H,72,82)(H,78,79)(H,84,85)/t32?,33?,36?,37-,46-,47?,51-/m0/s1. The number of thiazole rings is 6. The van der Waals surface area contributed by atoms with Gasteiger partial charge in [-0.3, -0.25) is 38.5 Å². The smallest absolute Gasteiger partial charge is 0.415 e. The van der Waals surface area contributed by atoms with Crippen LogP contribution in [-0.4, -0.2) is 130 Å². The third-order valence-electron chi connectivity index (χ3n) is 15.6. The zero-order valence-corrected chi connectivity index (χ0v) is 56.4. The van der Waals surface area contributed by atoms with Gasteiger partial charge in [0.15, 0.2) is 5.78 Å². The third kappa shape index (κ3) is 16.6. The molecule has 2 aliphatic carbocycles. The molecule has 2 aliphatic rings. The quantitative estimate of drug-likeness (QED) is 0.0202. The Balaban J connectivity index is 0.923. The van der Waals surface area contributed by atoms with Gasteiger partial charge in [0, 0.05) is 65.5 Å². The summed E-state index contributed by atoms with van der Waals surface area (Å²) in [6, 6.07) is 9.46. The molecule has 0 radical (unpaired) electrons. The summed E-state index contributed by atoms with van der Waals surface area (Å²) in [4.78, 5) is 140. The summed E-state index contributed by atoms with van der Waals surface area (Å²) in [5.41, 5.74) is 9.49. The van der Waals surface area contributed by atoms with E-state index in [1.54, 1.807) is 52.7 Å². The molecule has 2 saturated carbocycles. The Bertz CT molecular complexity index is 4080. The average molecular weight is 1390 g/mol. The Morgan fingerprint density at radius 1 is 0.734 bits per heavy atom. The van der Waals surface area contributed by atoms with Crippen molar-refractivity contribution < 1.29 is 63.1 Å². The molecular weight excluding hydrogens is 1330 g/mol. The lowest BCUT2D eigenvalue weighted by Crippen LogP contribution is -2.37. The zero-order valence-electron chi connectivity index (χ0n) is 51.5. The normalized spacial score (nSPS) is 16.6. The second-order valence-corrected chi connectivity index (χ2v) is 28.5. The Hall–Kier alpha value is -8.21. The maximum absolute atomic E-state index is 14.4. The molecule has 10 rings (SSSR count). The number of nitrogens with zero attached hydrogens (tertiary/aromatic N) is 8. The lowest BCUT2D eigenvalue weighted by Gasteiger charge is -2.28. The molecular formula is C62H67N13O13S6. The molecule has 5 atom stereocenters. The number of aliphatic hydroxyl groups excluding tert-OH is 1. The fraction of sp³-hybridized carbons (Fsp3) is 0.403. The van der Waals surface area contributed by atoms with Gasteiger partial charge in [0.25, 0.3) is 17.7 Å². The number of unbranched alkanes of at least 4 members (excludes halogenated alkanes) is 2. The molecule has 2 fully saturated rings. The number of carbonyl (C=O) groups is 8. The van der Waals surface area contributed by atoms with Gasteiger partial charge >= 0.3 is 18.0 Å². The van der Waals surface area contributed by atoms with E-state index >= 15 is 0 Å². The van der Waals surface area contributed by atoms with E-state index in [1.807, 2.05) is 32.0 Å². The van der Waals surface area contributed by atoms with Crippen LogP contribution in [0.4, 0.5) is 10.6 Å². The number of ether oxygens (including phenoxy) is 2. The second kappa shape index (κ2) is 30.9. The fourth-order valence-electron chi connectivity index (χ4n) is 10.3. The Morgan fingerprint density at radius 2 is 1.45 bits per heavy atom. The minimum Gasteiger partial charge on any atom is -0.481 e. The maximum Gasteiger partial charge on any atom is 0.415 e. The van der Waals surface area contributed by atoms with E-state index in [-0.39, 0.29) is 72.0 Å². The maximum atomic E-state index is 14.4. The number of rotatable bonds is 29. The van der Waals surface area contributed by atoms with Crippen molar-refractivity contribution in [3.05, 3.63) is 111 Å². The summed E-state index contributed by atoms with van der Waals surface area (Å²) in [6.07, 6.45) is 0.644. The summed E-state index contributed by atoms with van der Waals surface area (Å²) in [5, 5.41) is 50.6. The average Bonchev–Trinajstić information content (AvgIpc) is 1.60. The Kier molecular flexibility index (Phi) is 22.6. The van der Waals surface area contributed by atoms with Crippen LogP contribution in [0.5, 0.6) is 0 Å². The van der Waals surface area contributed by atoms with E-state index < -0.39 is 84.0 Å². The van der Waals surface area contributed by atoms with Crippen LogP contribution in [0.2, 0.25) is 0 Å². The van der Waals surface area contributed by atoms with E-state index in [9.17, 15) is 53.7 Å². The van der Waals surface area contributed by atoms with E-state index in [1.165, 1.54) is 64.4 Å². The monoisotopic (exact) mass is 1390 g/mol. The number of aromatic nitrogens is 7. The molecule has 7 aromatic heterocycles. The first-order valence-corrected chi connectivity index (χ1v) is 35.2. The van der Waals surface area contributed by atoms with Crippen molar-refractivity contribution in [2.24, 2.45) is 17.6 Å².